The molecule has 0 spiro atoms. The van der Waals surface area contributed by atoms with E-state index in [0.29, 0.717) is 18.1 Å². The van der Waals surface area contributed by atoms with E-state index in [2.05, 4.69) is 30.1 Å². The Morgan fingerprint density at radius 3 is 2.90 bits per heavy atom. The summed E-state index contributed by atoms with van der Waals surface area (Å²) in [6.07, 6.45) is 1.59. The molecule has 0 fully saturated rings. The predicted molar refractivity (Wildman–Crippen MR) is 74.6 cm³/mol. The summed E-state index contributed by atoms with van der Waals surface area (Å²) in [5.41, 5.74) is 8.19. The van der Waals surface area contributed by atoms with Gasteiger partial charge in [-0.05, 0) is 19.4 Å². The normalized spacial score (nSPS) is 17.6. The van der Waals surface area contributed by atoms with Crippen LogP contribution in [-0.2, 0) is 12.8 Å². The van der Waals surface area contributed by atoms with Crippen LogP contribution in [0.25, 0.3) is 0 Å². The molecule has 3 rings (SSSR count). The molecule has 106 valence electrons. The maximum absolute atomic E-state index is 6.28. The van der Waals surface area contributed by atoms with Crippen molar-refractivity contribution in [3.63, 3.8) is 0 Å². The molecule has 0 radical (unpaired) electrons. The zero-order valence-corrected chi connectivity index (χ0v) is 12.0. The number of aryl methyl sites for hydroxylation is 1. The summed E-state index contributed by atoms with van der Waals surface area (Å²) < 4.78 is 11.2. The first-order valence-electron chi connectivity index (χ1n) is 6.89. The number of nitrogens with zero attached hydrogens (tertiary/aromatic N) is 2. The SMILES string of the molecule is CCc1nc(C(N)c2cccc3c2OC(C)(C)C3)no1. The van der Waals surface area contributed by atoms with Gasteiger partial charge in [-0.2, -0.15) is 4.98 Å². The van der Waals surface area contributed by atoms with E-state index in [1.807, 2.05) is 19.1 Å². The van der Waals surface area contributed by atoms with Crippen molar-refractivity contribution >= 4 is 0 Å². The highest BCUT2D eigenvalue weighted by Crippen LogP contribution is 2.40. The standard InChI is InChI=1S/C15H19N3O2/c1-4-11-17-14(18-20-11)12(16)10-7-5-6-9-8-15(2,3)19-13(9)10/h5-7,12H,4,8,16H2,1-3H3. The van der Waals surface area contributed by atoms with Crippen LogP contribution in [0.1, 0.15) is 49.7 Å². The van der Waals surface area contributed by atoms with E-state index < -0.39 is 6.04 Å². The summed E-state index contributed by atoms with van der Waals surface area (Å²) in [7, 11) is 0. The van der Waals surface area contributed by atoms with E-state index in [0.717, 1.165) is 17.7 Å². The molecule has 0 saturated carbocycles. The minimum Gasteiger partial charge on any atom is -0.487 e. The molecular formula is C15H19N3O2. The van der Waals surface area contributed by atoms with Crippen molar-refractivity contribution in [1.82, 2.24) is 10.1 Å². The molecule has 0 saturated heterocycles. The Labute approximate surface area is 118 Å². The maximum atomic E-state index is 6.28. The lowest BCUT2D eigenvalue weighted by Gasteiger charge is -2.19. The van der Waals surface area contributed by atoms with Gasteiger partial charge >= 0.3 is 0 Å². The van der Waals surface area contributed by atoms with Crippen LogP contribution in [0.5, 0.6) is 5.75 Å². The fourth-order valence-electron chi connectivity index (χ4n) is 2.56. The molecule has 1 unspecified atom stereocenters. The lowest BCUT2D eigenvalue weighted by atomic mass is 9.98. The average molecular weight is 273 g/mol. The molecular weight excluding hydrogens is 254 g/mol. The Balaban J connectivity index is 1.98. The summed E-state index contributed by atoms with van der Waals surface area (Å²) in [4.78, 5) is 4.31. The monoisotopic (exact) mass is 273 g/mol. The van der Waals surface area contributed by atoms with Crippen molar-refractivity contribution in [1.29, 1.82) is 0 Å². The topological polar surface area (TPSA) is 74.2 Å². The molecule has 2 N–H and O–H groups in total. The minimum atomic E-state index is -0.428. The van der Waals surface area contributed by atoms with E-state index in [4.69, 9.17) is 15.0 Å². The molecule has 1 aromatic carbocycles. The molecule has 0 aliphatic carbocycles. The second kappa shape index (κ2) is 4.59. The number of para-hydroxylation sites is 1. The number of fused-ring (bicyclic) bond motifs is 1. The zero-order valence-electron chi connectivity index (χ0n) is 12.0. The van der Waals surface area contributed by atoms with Gasteiger partial charge in [0.1, 0.15) is 11.4 Å². The van der Waals surface area contributed by atoms with Gasteiger partial charge in [-0.15, -0.1) is 0 Å². The smallest absolute Gasteiger partial charge is 0.226 e. The van der Waals surface area contributed by atoms with Gasteiger partial charge in [-0.3, -0.25) is 0 Å². The van der Waals surface area contributed by atoms with Crippen LogP contribution in [0.3, 0.4) is 0 Å². The number of hydrogen-bond acceptors (Lipinski definition) is 5. The third-order valence-electron chi connectivity index (χ3n) is 3.52. The van der Waals surface area contributed by atoms with Gasteiger partial charge in [0, 0.05) is 18.4 Å². The van der Waals surface area contributed by atoms with Gasteiger partial charge in [-0.25, -0.2) is 0 Å². The molecule has 20 heavy (non-hydrogen) atoms. The van der Waals surface area contributed by atoms with Crippen molar-refractivity contribution in [3.8, 4) is 5.75 Å². The van der Waals surface area contributed by atoms with E-state index in [9.17, 15) is 0 Å². The fourth-order valence-corrected chi connectivity index (χ4v) is 2.56. The van der Waals surface area contributed by atoms with Gasteiger partial charge in [0.2, 0.25) is 5.89 Å². The lowest BCUT2D eigenvalue weighted by Crippen LogP contribution is -2.25. The van der Waals surface area contributed by atoms with Crippen molar-refractivity contribution in [2.75, 3.05) is 0 Å². The summed E-state index contributed by atoms with van der Waals surface area (Å²) in [5, 5.41) is 3.96. The Hall–Kier alpha value is -1.88. The Kier molecular flexibility index (Phi) is 3.01. The van der Waals surface area contributed by atoms with Crippen molar-refractivity contribution in [2.24, 2.45) is 5.73 Å². The van der Waals surface area contributed by atoms with Crippen molar-refractivity contribution in [2.45, 2.75) is 45.3 Å². The second-order valence-corrected chi connectivity index (χ2v) is 5.75. The third-order valence-corrected chi connectivity index (χ3v) is 3.52. The number of hydrogen-bond donors (Lipinski definition) is 1. The quantitative estimate of drug-likeness (QED) is 0.929. The molecule has 0 bridgehead atoms. The maximum Gasteiger partial charge on any atom is 0.226 e. The van der Waals surface area contributed by atoms with E-state index in [1.54, 1.807) is 0 Å². The summed E-state index contributed by atoms with van der Waals surface area (Å²) in [6, 6.07) is 5.61. The van der Waals surface area contributed by atoms with Crippen LogP contribution < -0.4 is 10.5 Å². The first-order valence-corrected chi connectivity index (χ1v) is 6.89. The summed E-state index contributed by atoms with van der Waals surface area (Å²) in [5.74, 6) is 1.97. The molecule has 1 atom stereocenters. The van der Waals surface area contributed by atoms with Crippen LogP contribution in [0, 0.1) is 0 Å². The van der Waals surface area contributed by atoms with Gasteiger partial charge in [0.05, 0.1) is 6.04 Å². The third kappa shape index (κ3) is 2.18. The van der Waals surface area contributed by atoms with Crippen molar-refractivity contribution < 1.29 is 9.26 Å². The second-order valence-electron chi connectivity index (χ2n) is 5.75. The summed E-state index contributed by atoms with van der Waals surface area (Å²) >= 11 is 0. The first-order chi connectivity index (χ1) is 9.50. The predicted octanol–water partition coefficient (Wildman–Crippen LogP) is 2.39. The van der Waals surface area contributed by atoms with Crippen LogP contribution in [0.15, 0.2) is 22.7 Å². The summed E-state index contributed by atoms with van der Waals surface area (Å²) in [6.45, 7) is 6.12. The molecule has 5 nitrogen and oxygen atoms in total. The molecule has 0 amide bonds. The minimum absolute atomic E-state index is 0.190. The number of ether oxygens (including phenoxy) is 1. The van der Waals surface area contributed by atoms with Gasteiger partial charge in [0.15, 0.2) is 5.82 Å². The first kappa shape index (κ1) is 13.1. The van der Waals surface area contributed by atoms with Crippen LogP contribution >= 0.6 is 0 Å². The number of benzene rings is 1. The number of aromatic nitrogens is 2. The van der Waals surface area contributed by atoms with E-state index in [1.165, 1.54) is 5.56 Å². The Bertz CT molecular complexity index is 634. The number of rotatable bonds is 3. The lowest BCUT2D eigenvalue weighted by molar-refractivity contribution is 0.137. The highest BCUT2D eigenvalue weighted by Gasteiger charge is 2.33. The van der Waals surface area contributed by atoms with Gasteiger partial charge < -0.3 is 15.0 Å². The van der Waals surface area contributed by atoms with Crippen LogP contribution in [0.4, 0.5) is 0 Å². The molecule has 1 aliphatic heterocycles. The largest absolute Gasteiger partial charge is 0.487 e. The Morgan fingerprint density at radius 2 is 2.20 bits per heavy atom. The van der Waals surface area contributed by atoms with Crippen LogP contribution in [-0.4, -0.2) is 15.7 Å². The fraction of sp³-hybridized carbons (Fsp3) is 0.467. The van der Waals surface area contributed by atoms with Crippen molar-refractivity contribution in [3.05, 3.63) is 41.0 Å². The Morgan fingerprint density at radius 1 is 1.40 bits per heavy atom. The van der Waals surface area contributed by atoms with Gasteiger partial charge in [0.25, 0.3) is 0 Å². The highest BCUT2D eigenvalue weighted by atomic mass is 16.5. The average Bonchev–Trinajstić information content (AvgIpc) is 2.99. The highest BCUT2D eigenvalue weighted by molar-refractivity contribution is 5.48. The molecule has 2 aromatic rings. The molecule has 1 aromatic heterocycles. The number of nitrogens with two attached hydrogens (primary N) is 1. The van der Waals surface area contributed by atoms with E-state index >= 15 is 0 Å². The van der Waals surface area contributed by atoms with Crippen LogP contribution in [0.2, 0.25) is 0 Å². The van der Waals surface area contributed by atoms with E-state index in [-0.39, 0.29) is 5.60 Å². The molecule has 5 heteroatoms. The van der Waals surface area contributed by atoms with Gasteiger partial charge in [-0.1, -0.05) is 30.3 Å². The molecule has 1 aliphatic rings. The zero-order chi connectivity index (χ0) is 14.3. The molecule has 2 heterocycles.